The number of rotatable bonds is 2. The van der Waals surface area contributed by atoms with Crippen molar-refractivity contribution in [1.29, 1.82) is 5.26 Å². The average Bonchev–Trinajstić information content (AvgIpc) is 2.39. The molecule has 1 aromatic rings. The summed E-state index contributed by atoms with van der Waals surface area (Å²) in [5, 5.41) is 9.53. The largest absolute Gasteiger partial charge is 0.496 e. The van der Waals surface area contributed by atoms with Crippen LogP contribution < -0.4 is 4.74 Å². The van der Waals surface area contributed by atoms with E-state index in [9.17, 15) is 5.26 Å². The Morgan fingerprint density at radius 1 is 1.24 bits per heavy atom. The summed E-state index contributed by atoms with van der Waals surface area (Å²) < 4.78 is 5.27. The number of ether oxygens (including phenoxy) is 1. The topological polar surface area (TPSA) is 33.0 Å². The van der Waals surface area contributed by atoms with Gasteiger partial charge in [0.25, 0.3) is 0 Å². The molecule has 1 aliphatic carbocycles. The second-order valence-corrected chi connectivity index (χ2v) is 4.94. The summed E-state index contributed by atoms with van der Waals surface area (Å²) in [7, 11) is 1.68. The zero-order chi connectivity index (χ0) is 12.3. The van der Waals surface area contributed by atoms with Crippen LogP contribution in [0.15, 0.2) is 18.2 Å². The fourth-order valence-electron chi connectivity index (χ4n) is 2.80. The molecule has 0 N–H and O–H groups in total. The van der Waals surface area contributed by atoms with Gasteiger partial charge in [0.1, 0.15) is 5.75 Å². The molecule has 1 fully saturated rings. The number of hydrogen-bond acceptors (Lipinski definition) is 2. The van der Waals surface area contributed by atoms with Gasteiger partial charge in [-0.15, -0.1) is 0 Å². The molecule has 2 heteroatoms. The van der Waals surface area contributed by atoms with Crippen LogP contribution in [-0.2, 0) is 5.41 Å². The zero-order valence-corrected chi connectivity index (χ0v) is 10.6. The molecule has 0 saturated heterocycles. The van der Waals surface area contributed by atoms with Gasteiger partial charge in [-0.2, -0.15) is 5.26 Å². The fraction of sp³-hybridized carbons (Fsp3) is 0.533. The average molecular weight is 229 g/mol. The van der Waals surface area contributed by atoms with E-state index in [2.05, 4.69) is 18.2 Å². The highest BCUT2D eigenvalue weighted by molar-refractivity contribution is 5.42. The summed E-state index contributed by atoms with van der Waals surface area (Å²) in [5.41, 5.74) is 2.03. The van der Waals surface area contributed by atoms with Crippen molar-refractivity contribution < 1.29 is 4.74 Å². The van der Waals surface area contributed by atoms with Crippen LogP contribution in [0.1, 0.15) is 43.2 Å². The summed E-state index contributed by atoms with van der Waals surface area (Å²) in [6, 6.07) is 8.72. The molecule has 0 bridgehead atoms. The predicted molar refractivity (Wildman–Crippen MR) is 68.1 cm³/mol. The minimum atomic E-state index is -0.255. The maximum absolute atomic E-state index is 9.53. The van der Waals surface area contributed by atoms with Gasteiger partial charge < -0.3 is 4.74 Å². The smallest absolute Gasteiger partial charge is 0.121 e. The van der Waals surface area contributed by atoms with E-state index in [-0.39, 0.29) is 5.41 Å². The second kappa shape index (κ2) is 4.79. The summed E-state index contributed by atoms with van der Waals surface area (Å²) in [4.78, 5) is 0. The molecule has 0 amide bonds. The first-order chi connectivity index (χ1) is 8.22. The molecule has 1 aromatic carbocycles. The number of methoxy groups -OCH3 is 1. The third kappa shape index (κ3) is 2.15. The minimum absolute atomic E-state index is 0.255. The van der Waals surface area contributed by atoms with Crippen LogP contribution in [0.5, 0.6) is 5.75 Å². The van der Waals surface area contributed by atoms with Gasteiger partial charge in [-0.3, -0.25) is 0 Å². The van der Waals surface area contributed by atoms with Crippen LogP contribution in [0, 0.1) is 18.3 Å². The summed E-state index contributed by atoms with van der Waals surface area (Å²) >= 11 is 0. The first-order valence-corrected chi connectivity index (χ1v) is 6.28. The van der Waals surface area contributed by atoms with Gasteiger partial charge in [0.2, 0.25) is 0 Å². The van der Waals surface area contributed by atoms with Gasteiger partial charge in [-0.05, 0) is 37.0 Å². The highest BCUT2D eigenvalue weighted by atomic mass is 16.5. The van der Waals surface area contributed by atoms with Crippen LogP contribution in [-0.4, -0.2) is 7.11 Å². The normalized spacial score (nSPS) is 18.4. The first kappa shape index (κ1) is 12.0. The Balaban J connectivity index is 2.38. The van der Waals surface area contributed by atoms with E-state index < -0.39 is 0 Å². The molecular weight excluding hydrogens is 210 g/mol. The number of nitrogens with zero attached hydrogens (tertiary/aromatic N) is 1. The van der Waals surface area contributed by atoms with Crippen LogP contribution in [0.4, 0.5) is 0 Å². The molecule has 0 spiro atoms. The molecule has 1 saturated carbocycles. The molecule has 0 aromatic heterocycles. The standard InChI is InChI=1S/C15H19NO/c1-12-10-13(6-7-14(12)17-2)15(11-16)8-4-3-5-9-15/h6-7,10H,3-5,8-9H2,1-2H3. The van der Waals surface area contributed by atoms with E-state index >= 15 is 0 Å². The Bertz CT molecular complexity index is 439. The lowest BCUT2D eigenvalue weighted by atomic mass is 9.70. The van der Waals surface area contributed by atoms with E-state index in [1.165, 1.54) is 19.3 Å². The third-order valence-electron chi connectivity index (χ3n) is 3.87. The van der Waals surface area contributed by atoms with Crippen LogP contribution in [0.3, 0.4) is 0 Å². The predicted octanol–water partition coefficient (Wildman–Crippen LogP) is 3.73. The van der Waals surface area contributed by atoms with E-state index in [0.29, 0.717) is 0 Å². The maximum Gasteiger partial charge on any atom is 0.121 e. The van der Waals surface area contributed by atoms with Gasteiger partial charge in [0.05, 0.1) is 18.6 Å². The molecule has 0 aliphatic heterocycles. The Hall–Kier alpha value is -1.49. The van der Waals surface area contributed by atoms with E-state index in [1.54, 1.807) is 7.11 Å². The second-order valence-electron chi connectivity index (χ2n) is 4.94. The van der Waals surface area contributed by atoms with Crippen molar-refractivity contribution in [1.82, 2.24) is 0 Å². The van der Waals surface area contributed by atoms with Crippen molar-refractivity contribution in [2.75, 3.05) is 7.11 Å². The molecule has 1 aliphatic rings. The summed E-state index contributed by atoms with van der Waals surface area (Å²) in [6.45, 7) is 2.04. The van der Waals surface area contributed by atoms with Gasteiger partial charge in [0, 0.05) is 0 Å². The van der Waals surface area contributed by atoms with E-state index in [1.807, 2.05) is 13.0 Å². The van der Waals surface area contributed by atoms with Crippen molar-refractivity contribution >= 4 is 0 Å². The Morgan fingerprint density at radius 2 is 1.94 bits per heavy atom. The number of benzene rings is 1. The molecule has 0 atom stereocenters. The maximum atomic E-state index is 9.53. The van der Waals surface area contributed by atoms with Crippen molar-refractivity contribution in [2.24, 2.45) is 0 Å². The van der Waals surface area contributed by atoms with Gasteiger partial charge in [0.15, 0.2) is 0 Å². The first-order valence-electron chi connectivity index (χ1n) is 6.28. The Morgan fingerprint density at radius 3 is 2.47 bits per heavy atom. The van der Waals surface area contributed by atoms with Gasteiger partial charge >= 0.3 is 0 Å². The van der Waals surface area contributed by atoms with Crippen molar-refractivity contribution in [2.45, 2.75) is 44.4 Å². The Kier molecular flexibility index (Phi) is 3.38. The monoisotopic (exact) mass is 229 g/mol. The van der Waals surface area contributed by atoms with Crippen LogP contribution >= 0.6 is 0 Å². The van der Waals surface area contributed by atoms with Gasteiger partial charge in [-0.1, -0.05) is 31.4 Å². The lowest BCUT2D eigenvalue weighted by Crippen LogP contribution is -2.27. The molecule has 0 heterocycles. The third-order valence-corrected chi connectivity index (χ3v) is 3.87. The molecule has 0 radical (unpaired) electrons. The zero-order valence-electron chi connectivity index (χ0n) is 10.6. The van der Waals surface area contributed by atoms with Crippen molar-refractivity contribution in [3.05, 3.63) is 29.3 Å². The highest BCUT2D eigenvalue weighted by Gasteiger charge is 2.34. The van der Waals surface area contributed by atoms with E-state index in [4.69, 9.17) is 4.74 Å². The molecule has 17 heavy (non-hydrogen) atoms. The molecule has 2 rings (SSSR count). The van der Waals surface area contributed by atoms with Crippen molar-refractivity contribution in [3.63, 3.8) is 0 Å². The lowest BCUT2D eigenvalue weighted by molar-refractivity contribution is 0.364. The number of nitriles is 1. The number of hydrogen-bond donors (Lipinski definition) is 0. The number of aryl methyl sites for hydroxylation is 1. The van der Waals surface area contributed by atoms with Crippen LogP contribution in [0.25, 0.3) is 0 Å². The Labute approximate surface area is 103 Å². The fourth-order valence-corrected chi connectivity index (χ4v) is 2.80. The molecular formula is C15H19NO. The summed E-state index contributed by atoms with van der Waals surface area (Å²) in [5.74, 6) is 0.901. The van der Waals surface area contributed by atoms with Crippen LogP contribution in [0.2, 0.25) is 0 Å². The van der Waals surface area contributed by atoms with E-state index in [0.717, 1.165) is 29.7 Å². The minimum Gasteiger partial charge on any atom is -0.496 e. The molecule has 90 valence electrons. The highest BCUT2D eigenvalue weighted by Crippen LogP contribution is 2.40. The summed E-state index contributed by atoms with van der Waals surface area (Å²) in [6.07, 6.45) is 5.58. The van der Waals surface area contributed by atoms with Crippen molar-refractivity contribution in [3.8, 4) is 11.8 Å². The SMILES string of the molecule is COc1ccc(C2(C#N)CCCCC2)cc1C. The quantitative estimate of drug-likeness (QED) is 0.774. The lowest BCUT2D eigenvalue weighted by Gasteiger charge is -2.31. The molecule has 2 nitrogen and oxygen atoms in total. The van der Waals surface area contributed by atoms with Gasteiger partial charge in [-0.25, -0.2) is 0 Å². The molecule has 0 unspecified atom stereocenters.